The monoisotopic (exact) mass is 297 g/mol. The SMILES string of the molecule is C[C@@H](NCC(O)COCc1cccs1)c1cccs1. The van der Waals surface area contributed by atoms with E-state index in [0.717, 1.165) is 0 Å². The minimum absolute atomic E-state index is 0.270. The first-order chi connectivity index (χ1) is 9.25. The quantitative estimate of drug-likeness (QED) is 0.787. The molecule has 0 radical (unpaired) electrons. The Morgan fingerprint density at radius 2 is 2.05 bits per heavy atom. The minimum atomic E-state index is -0.470. The Hall–Kier alpha value is -0.720. The molecular formula is C14H19NO2S2. The largest absolute Gasteiger partial charge is 0.389 e. The molecule has 0 saturated heterocycles. The highest BCUT2D eigenvalue weighted by Crippen LogP contribution is 2.17. The van der Waals surface area contributed by atoms with E-state index in [0.29, 0.717) is 19.8 Å². The Morgan fingerprint density at radius 1 is 1.26 bits per heavy atom. The lowest BCUT2D eigenvalue weighted by Crippen LogP contribution is -2.31. The van der Waals surface area contributed by atoms with Crippen molar-refractivity contribution in [1.82, 2.24) is 5.32 Å². The first-order valence-corrected chi connectivity index (χ1v) is 8.06. The zero-order chi connectivity index (χ0) is 13.5. The van der Waals surface area contributed by atoms with Crippen LogP contribution < -0.4 is 5.32 Å². The van der Waals surface area contributed by atoms with Gasteiger partial charge in [0.2, 0.25) is 0 Å². The highest BCUT2D eigenvalue weighted by Gasteiger charge is 2.09. The molecule has 104 valence electrons. The molecule has 2 aromatic rings. The highest BCUT2D eigenvalue weighted by atomic mass is 32.1. The maximum atomic E-state index is 9.84. The van der Waals surface area contributed by atoms with E-state index in [-0.39, 0.29) is 6.04 Å². The van der Waals surface area contributed by atoms with Gasteiger partial charge in [-0.15, -0.1) is 22.7 Å². The van der Waals surface area contributed by atoms with Crippen LogP contribution in [-0.4, -0.2) is 24.4 Å². The summed E-state index contributed by atoms with van der Waals surface area (Å²) in [6.45, 7) is 3.59. The van der Waals surface area contributed by atoms with Crippen LogP contribution in [0.3, 0.4) is 0 Å². The van der Waals surface area contributed by atoms with E-state index in [4.69, 9.17) is 4.74 Å². The van der Waals surface area contributed by atoms with Crippen molar-refractivity contribution in [1.29, 1.82) is 0 Å². The average Bonchev–Trinajstić information content (AvgIpc) is 3.08. The van der Waals surface area contributed by atoms with Crippen molar-refractivity contribution >= 4 is 22.7 Å². The summed E-state index contributed by atoms with van der Waals surface area (Å²) < 4.78 is 5.49. The Kier molecular flexibility index (Phi) is 6.00. The van der Waals surface area contributed by atoms with Crippen molar-refractivity contribution in [3.05, 3.63) is 44.8 Å². The summed E-state index contributed by atoms with van der Waals surface area (Å²) in [7, 11) is 0. The number of hydrogen-bond donors (Lipinski definition) is 2. The fourth-order valence-corrected chi connectivity index (χ4v) is 3.10. The number of ether oxygens (including phenoxy) is 1. The molecule has 3 nitrogen and oxygen atoms in total. The maximum Gasteiger partial charge on any atom is 0.0898 e. The van der Waals surface area contributed by atoms with Gasteiger partial charge in [-0.25, -0.2) is 0 Å². The van der Waals surface area contributed by atoms with Gasteiger partial charge in [-0.1, -0.05) is 12.1 Å². The number of hydrogen-bond acceptors (Lipinski definition) is 5. The normalized spacial score (nSPS) is 14.4. The fraction of sp³-hybridized carbons (Fsp3) is 0.429. The van der Waals surface area contributed by atoms with Crippen molar-refractivity contribution in [2.24, 2.45) is 0 Å². The van der Waals surface area contributed by atoms with Gasteiger partial charge in [0.25, 0.3) is 0 Å². The zero-order valence-corrected chi connectivity index (χ0v) is 12.5. The summed E-state index contributed by atoms with van der Waals surface area (Å²) >= 11 is 3.40. The number of rotatable bonds is 8. The van der Waals surface area contributed by atoms with Crippen molar-refractivity contribution in [3.63, 3.8) is 0 Å². The summed E-state index contributed by atoms with van der Waals surface area (Å²) in [6, 6.07) is 8.45. The van der Waals surface area contributed by atoms with Gasteiger partial charge < -0.3 is 15.2 Å². The second kappa shape index (κ2) is 7.77. The number of aliphatic hydroxyl groups is 1. The second-order valence-corrected chi connectivity index (χ2v) is 6.41. The van der Waals surface area contributed by atoms with Crippen molar-refractivity contribution in [2.45, 2.75) is 25.7 Å². The third kappa shape index (κ3) is 5.04. The van der Waals surface area contributed by atoms with Crippen molar-refractivity contribution in [2.75, 3.05) is 13.2 Å². The molecule has 2 N–H and O–H groups in total. The molecule has 0 aromatic carbocycles. The molecule has 2 rings (SSSR count). The molecule has 0 saturated carbocycles. The standard InChI is InChI=1S/C14H19NO2S2/c1-11(14-5-3-7-19-14)15-8-12(16)9-17-10-13-4-2-6-18-13/h2-7,11-12,15-16H,8-10H2,1H3/t11-,12?/m1/s1. The minimum Gasteiger partial charge on any atom is -0.389 e. The summed E-state index contributed by atoms with van der Waals surface area (Å²) in [5.41, 5.74) is 0. The first kappa shape index (κ1) is 14.7. The van der Waals surface area contributed by atoms with Gasteiger partial charge in [0.05, 0.1) is 19.3 Å². The Labute approximate surface area is 121 Å². The van der Waals surface area contributed by atoms with E-state index >= 15 is 0 Å². The van der Waals surface area contributed by atoms with E-state index in [2.05, 4.69) is 23.7 Å². The van der Waals surface area contributed by atoms with Crippen molar-refractivity contribution in [3.8, 4) is 0 Å². The van der Waals surface area contributed by atoms with E-state index in [9.17, 15) is 5.11 Å². The number of aliphatic hydroxyl groups excluding tert-OH is 1. The highest BCUT2D eigenvalue weighted by molar-refractivity contribution is 7.10. The Bertz CT molecular complexity index is 442. The number of thiophene rings is 2. The topological polar surface area (TPSA) is 41.5 Å². The molecule has 1 unspecified atom stereocenters. The molecule has 19 heavy (non-hydrogen) atoms. The predicted molar refractivity (Wildman–Crippen MR) is 80.7 cm³/mol. The van der Waals surface area contributed by atoms with Crippen molar-refractivity contribution < 1.29 is 9.84 Å². The van der Waals surface area contributed by atoms with Crippen LogP contribution in [0.15, 0.2) is 35.0 Å². The van der Waals surface area contributed by atoms with Crippen LogP contribution in [0.4, 0.5) is 0 Å². The van der Waals surface area contributed by atoms with Crippen LogP contribution in [-0.2, 0) is 11.3 Å². The lowest BCUT2D eigenvalue weighted by molar-refractivity contribution is 0.0288. The van der Waals surface area contributed by atoms with Crippen LogP contribution in [0.2, 0.25) is 0 Å². The zero-order valence-electron chi connectivity index (χ0n) is 10.9. The third-order valence-corrected chi connectivity index (χ3v) is 4.67. The summed E-state index contributed by atoms with van der Waals surface area (Å²) in [5.74, 6) is 0. The molecule has 2 aromatic heterocycles. The van der Waals surface area contributed by atoms with E-state index in [1.165, 1.54) is 9.75 Å². The predicted octanol–water partition coefficient (Wildman–Crippen LogP) is 3.04. The van der Waals surface area contributed by atoms with Crippen LogP contribution in [0, 0.1) is 0 Å². The van der Waals surface area contributed by atoms with E-state index in [1.54, 1.807) is 22.7 Å². The van der Waals surface area contributed by atoms with Crippen LogP contribution in [0.1, 0.15) is 22.7 Å². The molecule has 0 amide bonds. The first-order valence-electron chi connectivity index (χ1n) is 6.30. The lowest BCUT2D eigenvalue weighted by atomic mass is 10.2. The third-order valence-electron chi connectivity index (χ3n) is 2.76. The van der Waals surface area contributed by atoms with Gasteiger partial charge in [-0.05, 0) is 29.8 Å². The molecule has 2 heterocycles. The summed E-state index contributed by atoms with van der Waals surface area (Å²) in [6.07, 6.45) is -0.470. The Balaban J connectivity index is 1.60. The molecule has 0 fully saturated rings. The molecule has 0 spiro atoms. The van der Waals surface area contributed by atoms with E-state index in [1.807, 2.05) is 23.6 Å². The molecule has 0 aliphatic rings. The lowest BCUT2D eigenvalue weighted by Gasteiger charge is -2.16. The second-order valence-electron chi connectivity index (χ2n) is 4.39. The number of nitrogens with one attached hydrogen (secondary N) is 1. The van der Waals surface area contributed by atoms with Crippen LogP contribution in [0.5, 0.6) is 0 Å². The molecule has 5 heteroatoms. The van der Waals surface area contributed by atoms with E-state index < -0.39 is 6.10 Å². The van der Waals surface area contributed by atoms with Gasteiger partial charge in [-0.3, -0.25) is 0 Å². The van der Waals surface area contributed by atoms with Gasteiger partial charge in [0.1, 0.15) is 0 Å². The molecule has 0 aliphatic carbocycles. The van der Waals surface area contributed by atoms with Crippen LogP contribution >= 0.6 is 22.7 Å². The summed E-state index contributed by atoms with van der Waals surface area (Å²) in [4.78, 5) is 2.47. The molecular weight excluding hydrogens is 278 g/mol. The summed E-state index contributed by atoms with van der Waals surface area (Å²) in [5, 5.41) is 17.2. The fourth-order valence-electron chi connectivity index (χ4n) is 1.70. The van der Waals surface area contributed by atoms with Gasteiger partial charge >= 0.3 is 0 Å². The van der Waals surface area contributed by atoms with Gasteiger partial charge in [0.15, 0.2) is 0 Å². The van der Waals surface area contributed by atoms with Gasteiger partial charge in [0, 0.05) is 22.3 Å². The smallest absolute Gasteiger partial charge is 0.0898 e. The molecule has 0 aliphatic heterocycles. The Morgan fingerprint density at radius 3 is 2.74 bits per heavy atom. The average molecular weight is 297 g/mol. The van der Waals surface area contributed by atoms with Gasteiger partial charge in [-0.2, -0.15) is 0 Å². The maximum absolute atomic E-state index is 9.84. The molecule has 2 atom stereocenters. The molecule has 0 bridgehead atoms. The van der Waals surface area contributed by atoms with Crippen LogP contribution in [0.25, 0.3) is 0 Å².